The maximum absolute atomic E-state index is 13.1. The zero-order valence-corrected chi connectivity index (χ0v) is 16.7. The number of aromatic amines is 1. The van der Waals surface area contributed by atoms with Crippen molar-refractivity contribution in [2.75, 3.05) is 19.8 Å². The molecule has 3 rings (SSSR count). The Balaban J connectivity index is 1.73. The van der Waals surface area contributed by atoms with Gasteiger partial charge in [0.25, 0.3) is 0 Å². The van der Waals surface area contributed by atoms with E-state index in [1.54, 1.807) is 0 Å². The van der Waals surface area contributed by atoms with Gasteiger partial charge in [-0.25, -0.2) is 14.2 Å². The number of likely N-dealkylation sites (tertiary alicyclic amines) is 1. The molecule has 0 aliphatic carbocycles. The number of halogens is 1. The lowest BCUT2D eigenvalue weighted by atomic mass is 10.1. The van der Waals surface area contributed by atoms with Crippen LogP contribution in [0, 0.1) is 0 Å². The van der Waals surface area contributed by atoms with E-state index in [9.17, 15) is 28.4 Å². The molecule has 13 heteroatoms. The fraction of sp³-hybridized carbons (Fsp3) is 0.556. The summed E-state index contributed by atoms with van der Waals surface area (Å²) in [5.41, 5.74) is 5.96. The molecule has 2 fully saturated rings. The van der Waals surface area contributed by atoms with Gasteiger partial charge in [0.15, 0.2) is 0 Å². The molecule has 0 saturated carbocycles. The monoisotopic (exact) mass is 437 g/mol. The highest BCUT2D eigenvalue weighted by atomic mass is 19.1. The van der Waals surface area contributed by atoms with Crippen molar-refractivity contribution in [2.45, 2.75) is 43.8 Å². The van der Waals surface area contributed by atoms with Gasteiger partial charge in [-0.15, -0.1) is 0 Å². The standard InChI is InChI=1S/C18H24FN7O5/c19-3-5-26-14(27)7-11(24-18(26)31)16(29)23-12(6-10-8-21-9-22-10)17(30)25-4-1-2-13(25)15(20)28/h8-9,11-13H,1-7H2,(H2,20,28)(H,21,22)(H,23,29)(H,24,31)/t11-,12+,13+/m0/s1. The van der Waals surface area contributed by atoms with Gasteiger partial charge in [-0.1, -0.05) is 0 Å². The van der Waals surface area contributed by atoms with Crippen molar-refractivity contribution in [3.05, 3.63) is 18.2 Å². The van der Waals surface area contributed by atoms with E-state index in [0.717, 1.165) is 0 Å². The summed E-state index contributed by atoms with van der Waals surface area (Å²) in [6.45, 7) is -0.977. The lowest BCUT2D eigenvalue weighted by Gasteiger charge is -2.32. The number of imide groups is 1. The molecule has 1 aromatic rings. The molecule has 5 N–H and O–H groups in total. The highest BCUT2D eigenvalue weighted by molar-refractivity contribution is 6.03. The zero-order valence-electron chi connectivity index (χ0n) is 16.7. The van der Waals surface area contributed by atoms with Gasteiger partial charge in [-0.2, -0.15) is 0 Å². The lowest BCUT2D eigenvalue weighted by molar-refractivity contribution is -0.141. The maximum Gasteiger partial charge on any atom is 0.324 e. The van der Waals surface area contributed by atoms with E-state index < -0.39 is 61.0 Å². The van der Waals surface area contributed by atoms with Crippen molar-refractivity contribution in [3.63, 3.8) is 0 Å². The molecule has 6 amide bonds. The number of carbonyl (C=O) groups is 5. The minimum absolute atomic E-state index is 0.0507. The van der Waals surface area contributed by atoms with Crippen molar-refractivity contribution in [2.24, 2.45) is 5.73 Å². The normalized spacial score (nSPS) is 22.2. The Labute approximate surface area is 176 Å². The van der Waals surface area contributed by atoms with Crippen molar-refractivity contribution in [3.8, 4) is 0 Å². The van der Waals surface area contributed by atoms with Crippen molar-refractivity contribution in [1.82, 2.24) is 30.4 Å². The van der Waals surface area contributed by atoms with Crippen molar-refractivity contribution >= 4 is 29.7 Å². The molecule has 2 aliphatic rings. The molecule has 0 spiro atoms. The quantitative estimate of drug-likeness (QED) is 0.373. The second-order valence-corrected chi connectivity index (χ2v) is 7.37. The third-order valence-corrected chi connectivity index (χ3v) is 5.31. The van der Waals surface area contributed by atoms with Crippen LogP contribution >= 0.6 is 0 Å². The molecule has 168 valence electrons. The average molecular weight is 437 g/mol. The van der Waals surface area contributed by atoms with Crippen LogP contribution in [-0.4, -0.2) is 87.3 Å². The summed E-state index contributed by atoms with van der Waals surface area (Å²) >= 11 is 0. The number of nitrogens with one attached hydrogen (secondary N) is 3. The smallest absolute Gasteiger partial charge is 0.324 e. The molecule has 12 nitrogen and oxygen atoms in total. The maximum atomic E-state index is 13.1. The summed E-state index contributed by atoms with van der Waals surface area (Å²) in [6, 6.07) is -3.93. The molecule has 0 bridgehead atoms. The summed E-state index contributed by atoms with van der Waals surface area (Å²) in [7, 11) is 0. The first-order valence-corrected chi connectivity index (χ1v) is 9.86. The molecule has 0 unspecified atom stereocenters. The van der Waals surface area contributed by atoms with Gasteiger partial charge in [-0.05, 0) is 12.8 Å². The number of urea groups is 1. The van der Waals surface area contributed by atoms with E-state index >= 15 is 0 Å². The molecule has 0 aromatic carbocycles. The fourth-order valence-corrected chi connectivity index (χ4v) is 3.76. The van der Waals surface area contributed by atoms with E-state index in [-0.39, 0.29) is 12.8 Å². The minimum atomic E-state index is -1.21. The molecular weight excluding hydrogens is 413 g/mol. The number of H-pyrrole nitrogens is 1. The van der Waals surface area contributed by atoms with Gasteiger partial charge in [0.05, 0.1) is 19.3 Å². The second-order valence-electron chi connectivity index (χ2n) is 7.37. The van der Waals surface area contributed by atoms with Crippen LogP contribution < -0.4 is 16.4 Å². The topological polar surface area (TPSA) is 171 Å². The Morgan fingerprint density at radius 2 is 2.13 bits per heavy atom. The molecule has 2 saturated heterocycles. The van der Waals surface area contributed by atoms with Crippen LogP contribution in [0.2, 0.25) is 0 Å². The summed E-state index contributed by atoms with van der Waals surface area (Å²) in [5.74, 6) is -2.56. The number of carbonyl (C=O) groups excluding carboxylic acids is 5. The first-order valence-electron chi connectivity index (χ1n) is 9.86. The van der Waals surface area contributed by atoms with Crippen molar-refractivity contribution < 1.29 is 28.4 Å². The van der Waals surface area contributed by atoms with Gasteiger partial charge in [-0.3, -0.25) is 24.1 Å². The van der Waals surface area contributed by atoms with Gasteiger partial charge in [0.2, 0.25) is 23.6 Å². The third-order valence-electron chi connectivity index (χ3n) is 5.31. The van der Waals surface area contributed by atoms with Crippen molar-refractivity contribution in [1.29, 1.82) is 0 Å². The molecule has 3 atom stereocenters. The minimum Gasteiger partial charge on any atom is -0.368 e. The average Bonchev–Trinajstić information content (AvgIpc) is 3.41. The van der Waals surface area contributed by atoms with Gasteiger partial charge < -0.3 is 26.3 Å². The van der Waals surface area contributed by atoms with E-state index in [0.29, 0.717) is 30.0 Å². The molecular formula is C18H24FN7O5. The van der Waals surface area contributed by atoms with Gasteiger partial charge in [0, 0.05) is 24.9 Å². The van der Waals surface area contributed by atoms with Crippen LogP contribution in [0.1, 0.15) is 25.0 Å². The number of hydrogen-bond acceptors (Lipinski definition) is 6. The number of hydrogen-bond donors (Lipinski definition) is 4. The third kappa shape index (κ3) is 4.98. The zero-order chi connectivity index (χ0) is 22.5. The predicted molar refractivity (Wildman–Crippen MR) is 103 cm³/mol. The summed E-state index contributed by atoms with van der Waals surface area (Å²) in [5, 5.41) is 4.91. The predicted octanol–water partition coefficient (Wildman–Crippen LogP) is -1.81. The second kappa shape index (κ2) is 9.53. The van der Waals surface area contributed by atoms with Crippen LogP contribution in [0.5, 0.6) is 0 Å². The van der Waals surface area contributed by atoms with E-state index in [1.807, 2.05) is 0 Å². The van der Waals surface area contributed by atoms with E-state index in [2.05, 4.69) is 20.6 Å². The lowest BCUT2D eigenvalue weighted by Crippen LogP contribution is -2.62. The number of primary amides is 1. The highest BCUT2D eigenvalue weighted by Crippen LogP contribution is 2.19. The SMILES string of the molecule is NC(=O)[C@H]1CCCN1C(=O)[C@@H](Cc1cnc[nH]1)NC(=O)[C@@H]1CC(=O)N(CCF)C(=O)N1. The number of nitrogens with two attached hydrogens (primary N) is 1. The highest BCUT2D eigenvalue weighted by Gasteiger charge is 2.40. The summed E-state index contributed by atoms with van der Waals surface area (Å²) in [4.78, 5) is 70.5. The molecule has 3 heterocycles. The number of imidazole rings is 1. The van der Waals surface area contributed by atoms with Crippen LogP contribution in [0.4, 0.5) is 9.18 Å². The number of amides is 6. The fourth-order valence-electron chi connectivity index (χ4n) is 3.76. The van der Waals surface area contributed by atoms with E-state index in [4.69, 9.17) is 5.73 Å². The van der Waals surface area contributed by atoms with Crippen LogP contribution in [0.3, 0.4) is 0 Å². The number of alkyl halides is 1. The largest absolute Gasteiger partial charge is 0.368 e. The van der Waals surface area contributed by atoms with Crippen LogP contribution in [-0.2, 0) is 25.6 Å². The summed E-state index contributed by atoms with van der Waals surface area (Å²) < 4.78 is 12.5. The van der Waals surface area contributed by atoms with Crippen LogP contribution in [0.15, 0.2) is 12.5 Å². The first kappa shape index (κ1) is 22.2. The Morgan fingerprint density at radius 3 is 2.74 bits per heavy atom. The van der Waals surface area contributed by atoms with Crippen LogP contribution in [0.25, 0.3) is 0 Å². The van der Waals surface area contributed by atoms with Gasteiger partial charge >= 0.3 is 6.03 Å². The first-order chi connectivity index (χ1) is 14.8. The molecule has 0 radical (unpaired) electrons. The number of nitrogens with zero attached hydrogens (tertiary/aromatic N) is 3. The Kier molecular flexibility index (Phi) is 6.82. The Hall–Kier alpha value is -3.51. The number of aromatic nitrogens is 2. The Morgan fingerprint density at radius 1 is 1.35 bits per heavy atom. The Bertz CT molecular complexity index is 843. The molecule has 31 heavy (non-hydrogen) atoms. The molecule has 2 aliphatic heterocycles. The number of rotatable bonds is 8. The van der Waals surface area contributed by atoms with Gasteiger partial charge in [0.1, 0.15) is 24.8 Å². The van der Waals surface area contributed by atoms with E-state index in [1.165, 1.54) is 17.4 Å². The summed E-state index contributed by atoms with van der Waals surface area (Å²) in [6.07, 6.45) is 3.62. The molecule has 1 aromatic heterocycles.